The molecule has 0 aromatic rings. The molecule has 0 aliphatic carbocycles. The Labute approximate surface area is 455 Å². The summed E-state index contributed by atoms with van der Waals surface area (Å²) in [5.74, 6) is -0.0914. The molecule has 2 atom stereocenters. The Hall–Kier alpha value is -1.92. The van der Waals surface area contributed by atoms with Crippen LogP contribution >= 0.6 is 0 Å². The van der Waals surface area contributed by atoms with Gasteiger partial charge in [0.2, 0.25) is 5.91 Å². The first-order valence-corrected chi connectivity index (χ1v) is 32.8. The summed E-state index contributed by atoms with van der Waals surface area (Å²) in [6.45, 7) is 4.89. The Kier molecular flexibility index (Phi) is 61.0. The molecule has 0 rings (SSSR count). The average molecular weight is 1030 g/mol. The van der Waals surface area contributed by atoms with Gasteiger partial charge in [0.25, 0.3) is 0 Å². The zero-order valence-corrected chi connectivity index (χ0v) is 49.1. The molecular weight excluding hydrogens is 899 g/mol. The lowest BCUT2D eigenvalue weighted by Gasteiger charge is -2.20. The van der Waals surface area contributed by atoms with Crippen LogP contribution in [0, 0.1) is 0 Å². The Morgan fingerprint density at radius 3 is 0.973 bits per heavy atom. The molecule has 0 spiro atoms. The summed E-state index contributed by atoms with van der Waals surface area (Å²) in [6, 6.07) is -0.641. The summed E-state index contributed by atoms with van der Waals surface area (Å²) in [6.07, 6.45) is 79.0. The van der Waals surface area contributed by atoms with Gasteiger partial charge in [-0.15, -0.1) is 0 Å². The van der Waals surface area contributed by atoms with Gasteiger partial charge in [0, 0.05) is 12.8 Å². The van der Waals surface area contributed by atoms with Crippen LogP contribution in [0.3, 0.4) is 0 Å². The lowest BCUT2D eigenvalue weighted by atomic mass is 10.0. The van der Waals surface area contributed by atoms with Crippen LogP contribution in [0.5, 0.6) is 0 Å². The van der Waals surface area contributed by atoms with Gasteiger partial charge in [0.05, 0.1) is 25.4 Å². The first-order valence-electron chi connectivity index (χ1n) is 32.8. The van der Waals surface area contributed by atoms with Crippen molar-refractivity contribution >= 4 is 11.9 Å². The lowest BCUT2D eigenvalue weighted by Crippen LogP contribution is -2.45. The monoisotopic (exact) mass is 1030 g/mol. The van der Waals surface area contributed by atoms with Gasteiger partial charge in [-0.25, -0.2) is 0 Å². The number of ether oxygens (including phenoxy) is 1. The molecule has 6 heteroatoms. The number of allylic oxidation sites excluding steroid dienone is 5. The van der Waals surface area contributed by atoms with Crippen molar-refractivity contribution in [1.29, 1.82) is 0 Å². The minimum atomic E-state index is -0.856. The molecule has 0 radical (unpaired) electrons. The van der Waals surface area contributed by atoms with Crippen LogP contribution < -0.4 is 5.32 Å². The van der Waals surface area contributed by atoms with Gasteiger partial charge in [-0.1, -0.05) is 294 Å². The fraction of sp³-hybridized carbons (Fsp3) is 0.881. The molecule has 2 unspecified atom stereocenters. The molecule has 0 aromatic heterocycles. The van der Waals surface area contributed by atoms with Crippen molar-refractivity contribution in [2.45, 2.75) is 366 Å². The highest BCUT2D eigenvalue weighted by Crippen LogP contribution is 2.17. The van der Waals surface area contributed by atoms with Crippen LogP contribution in [-0.2, 0) is 14.3 Å². The third-order valence-corrected chi connectivity index (χ3v) is 15.1. The van der Waals surface area contributed by atoms with Gasteiger partial charge in [0.1, 0.15) is 0 Å². The third kappa shape index (κ3) is 59.2. The number of esters is 1. The third-order valence-electron chi connectivity index (χ3n) is 15.1. The first kappa shape index (κ1) is 71.1. The van der Waals surface area contributed by atoms with Crippen molar-refractivity contribution in [3.8, 4) is 0 Å². The van der Waals surface area contributed by atoms with Crippen LogP contribution in [0.25, 0.3) is 0 Å². The Balaban J connectivity index is 3.48. The number of carbonyl (C=O) groups is 2. The van der Waals surface area contributed by atoms with E-state index in [1.54, 1.807) is 6.08 Å². The van der Waals surface area contributed by atoms with Gasteiger partial charge < -0.3 is 20.3 Å². The summed E-state index contributed by atoms with van der Waals surface area (Å²) >= 11 is 0. The maximum absolute atomic E-state index is 12.5. The van der Waals surface area contributed by atoms with Gasteiger partial charge in [0.15, 0.2) is 0 Å². The van der Waals surface area contributed by atoms with Crippen molar-refractivity contribution in [3.05, 3.63) is 36.5 Å². The summed E-state index contributed by atoms with van der Waals surface area (Å²) in [5.41, 5.74) is 0. The van der Waals surface area contributed by atoms with Crippen LogP contribution in [0.4, 0.5) is 0 Å². The second-order valence-corrected chi connectivity index (χ2v) is 22.4. The van der Waals surface area contributed by atoms with Crippen molar-refractivity contribution in [2.24, 2.45) is 0 Å². The highest BCUT2D eigenvalue weighted by molar-refractivity contribution is 5.76. The van der Waals surface area contributed by atoms with Gasteiger partial charge >= 0.3 is 5.97 Å². The lowest BCUT2D eigenvalue weighted by molar-refractivity contribution is -0.143. The minimum Gasteiger partial charge on any atom is -0.466 e. The smallest absolute Gasteiger partial charge is 0.305 e. The molecule has 0 saturated heterocycles. The second-order valence-electron chi connectivity index (χ2n) is 22.4. The van der Waals surface area contributed by atoms with Crippen molar-refractivity contribution in [1.82, 2.24) is 5.32 Å². The van der Waals surface area contributed by atoms with Crippen molar-refractivity contribution in [2.75, 3.05) is 13.2 Å². The second kappa shape index (κ2) is 62.6. The quantitative estimate of drug-likeness (QED) is 0.0320. The maximum atomic E-state index is 12.5. The van der Waals surface area contributed by atoms with E-state index < -0.39 is 12.1 Å². The number of hydrogen-bond acceptors (Lipinski definition) is 5. The number of aliphatic hydroxyl groups is 2. The first-order chi connectivity index (χ1) is 36.0. The number of carbonyl (C=O) groups excluding carboxylic acids is 2. The van der Waals surface area contributed by atoms with E-state index in [-0.39, 0.29) is 18.5 Å². The summed E-state index contributed by atoms with van der Waals surface area (Å²) < 4.78 is 5.48. The number of unbranched alkanes of at least 4 members (excludes halogenated alkanes) is 46. The summed E-state index contributed by atoms with van der Waals surface area (Å²) in [5, 5.41) is 23.2. The molecule has 0 fully saturated rings. The zero-order valence-electron chi connectivity index (χ0n) is 49.1. The average Bonchev–Trinajstić information content (AvgIpc) is 3.39. The number of hydrogen-bond donors (Lipinski definition) is 3. The van der Waals surface area contributed by atoms with E-state index in [0.717, 1.165) is 70.6 Å². The van der Waals surface area contributed by atoms with Gasteiger partial charge in [-0.2, -0.15) is 0 Å². The number of amides is 1. The van der Waals surface area contributed by atoms with Crippen molar-refractivity contribution in [3.63, 3.8) is 0 Å². The van der Waals surface area contributed by atoms with Crippen LogP contribution in [0.2, 0.25) is 0 Å². The number of rotatable bonds is 61. The highest BCUT2D eigenvalue weighted by atomic mass is 16.5. The molecule has 3 N–H and O–H groups in total. The molecule has 430 valence electrons. The predicted molar refractivity (Wildman–Crippen MR) is 319 cm³/mol. The SMILES string of the molecule is CCCCCCCC/C=C\CCCCCCCCCCCC(=O)OCCCCCC/C=C\CCCCCCCCCC(=O)NC(CO)C(O)/C=C/CCCCCCCCCCCCCCCCCCCCCC. The van der Waals surface area contributed by atoms with E-state index in [0.29, 0.717) is 19.4 Å². The summed E-state index contributed by atoms with van der Waals surface area (Å²) in [4.78, 5) is 24.6. The molecule has 0 aliphatic heterocycles. The Bertz CT molecular complexity index is 1180. The Morgan fingerprint density at radius 2 is 0.644 bits per heavy atom. The van der Waals surface area contributed by atoms with Crippen LogP contribution in [0.1, 0.15) is 354 Å². The summed E-state index contributed by atoms with van der Waals surface area (Å²) in [7, 11) is 0. The molecule has 0 saturated carbocycles. The molecule has 6 nitrogen and oxygen atoms in total. The molecule has 1 amide bonds. The molecule has 0 heterocycles. The highest BCUT2D eigenvalue weighted by Gasteiger charge is 2.18. The van der Waals surface area contributed by atoms with Crippen molar-refractivity contribution < 1.29 is 24.5 Å². The van der Waals surface area contributed by atoms with Gasteiger partial charge in [-0.3, -0.25) is 9.59 Å². The number of aliphatic hydroxyl groups excluding tert-OH is 2. The normalized spacial score (nSPS) is 12.8. The maximum Gasteiger partial charge on any atom is 0.305 e. The largest absolute Gasteiger partial charge is 0.466 e. The Morgan fingerprint density at radius 1 is 0.370 bits per heavy atom. The van der Waals surface area contributed by atoms with E-state index >= 15 is 0 Å². The van der Waals surface area contributed by atoms with E-state index in [1.807, 2.05) is 6.08 Å². The van der Waals surface area contributed by atoms with E-state index in [2.05, 4.69) is 43.5 Å². The fourth-order valence-corrected chi connectivity index (χ4v) is 10.1. The standard InChI is InChI=1S/C67H127NO5/c1-3-5-7-9-11-13-15-17-19-21-23-24-25-27-28-31-35-39-43-47-51-55-59-65(70)64(63-69)68-66(71)60-56-52-48-44-40-36-32-30-34-38-42-46-50-54-58-62-73-67(72)61-57-53-49-45-41-37-33-29-26-22-20-18-16-14-12-10-8-6-4-2/h18,20,34,38,55,59,64-65,69-70H,3-17,19,21-33,35-37,39-54,56-58,60-63H2,1-2H3,(H,68,71)/b20-18-,38-34-,59-55+. The number of nitrogens with one attached hydrogen (secondary N) is 1. The minimum absolute atomic E-state index is 0.0111. The fourth-order valence-electron chi connectivity index (χ4n) is 10.1. The molecule has 0 aromatic carbocycles. The van der Waals surface area contributed by atoms with E-state index in [4.69, 9.17) is 4.74 Å². The molecular formula is C67H127NO5. The van der Waals surface area contributed by atoms with Gasteiger partial charge in [-0.05, 0) is 83.5 Å². The van der Waals surface area contributed by atoms with Crippen LogP contribution in [0.15, 0.2) is 36.5 Å². The van der Waals surface area contributed by atoms with Crippen LogP contribution in [-0.4, -0.2) is 47.4 Å². The van der Waals surface area contributed by atoms with E-state index in [9.17, 15) is 19.8 Å². The van der Waals surface area contributed by atoms with E-state index in [1.165, 1.54) is 257 Å². The molecule has 0 aliphatic rings. The zero-order chi connectivity index (χ0) is 52.9. The molecule has 73 heavy (non-hydrogen) atoms. The molecule has 0 bridgehead atoms. The topological polar surface area (TPSA) is 95.9 Å². The predicted octanol–water partition coefficient (Wildman–Crippen LogP) is 20.8.